The summed E-state index contributed by atoms with van der Waals surface area (Å²) in [5, 5.41) is 13.0. The molecule has 0 aromatic rings. The van der Waals surface area contributed by atoms with Crippen LogP contribution in [0.1, 0.15) is 59.3 Å². The minimum absolute atomic E-state index is 0.238. The molecule has 0 fully saturated rings. The first kappa shape index (κ1) is 19.8. The maximum absolute atomic E-state index is 9.70. The van der Waals surface area contributed by atoms with E-state index < -0.39 is 6.10 Å². The highest BCUT2D eigenvalue weighted by Crippen LogP contribution is 2.03. The van der Waals surface area contributed by atoms with Crippen LogP contribution in [-0.2, 0) is 9.47 Å². The molecule has 0 bridgehead atoms. The molecule has 0 aromatic carbocycles. The number of aliphatic hydroxyl groups excluding tert-OH is 1. The van der Waals surface area contributed by atoms with Gasteiger partial charge in [-0.1, -0.05) is 39.0 Å². The SMILES string of the molecule is CCCCCCCCNCC(O)COCCOC(C)C. The molecule has 0 rings (SSSR count). The maximum Gasteiger partial charge on any atom is 0.0897 e. The molecule has 1 unspecified atom stereocenters. The highest BCUT2D eigenvalue weighted by molar-refractivity contribution is 4.58. The van der Waals surface area contributed by atoms with E-state index >= 15 is 0 Å². The van der Waals surface area contributed by atoms with E-state index in [0.29, 0.717) is 26.4 Å². The Kier molecular flexibility index (Phi) is 15.1. The first-order valence-electron chi connectivity index (χ1n) is 8.25. The molecule has 0 aliphatic heterocycles. The van der Waals surface area contributed by atoms with E-state index in [1.165, 1.54) is 38.5 Å². The Balaban J connectivity index is 3.14. The summed E-state index contributed by atoms with van der Waals surface area (Å²) in [5.41, 5.74) is 0. The summed E-state index contributed by atoms with van der Waals surface area (Å²) in [6.07, 6.45) is 7.63. The van der Waals surface area contributed by atoms with E-state index in [1.54, 1.807) is 0 Å². The second-order valence-corrected chi connectivity index (χ2v) is 5.62. The second-order valence-electron chi connectivity index (χ2n) is 5.62. The van der Waals surface area contributed by atoms with Gasteiger partial charge in [-0.2, -0.15) is 0 Å². The molecule has 4 nitrogen and oxygen atoms in total. The Labute approximate surface area is 125 Å². The van der Waals surface area contributed by atoms with E-state index in [-0.39, 0.29) is 6.10 Å². The number of nitrogens with one attached hydrogen (secondary N) is 1. The fourth-order valence-electron chi connectivity index (χ4n) is 1.92. The van der Waals surface area contributed by atoms with Gasteiger partial charge in [-0.05, 0) is 26.8 Å². The molecular formula is C16H35NO3. The Morgan fingerprint density at radius 3 is 2.40 bits per heavy atom. The fourth-order valence-corrected chi connectivity index (χ4v) is 1.92. The van der Waals surface area contributed by atoms with Gasteiger partial charge < -0.3 is 19.9 Å². The predicted octanol–water partition coefficient (Wildman–Crippen LogP) is 2.74. The molecule has 0 amide bonds. The molecule has 1 atom stereocenters. The van der Waals surface area contributed by atoms with Crippen molar-refractivity contribution in [3.05, 3.63) is 0 Å². The van der Waals surface area contributed by atoms with Crippen LogP contribution in [-0.4, -0.2) is 50.2 Å². The van der Waals surface area contributed by atoms with Crippen molar-refractivity contribution in [2.24, 2.45) is 0 Å². The Morgan fingerprint density at radius 1 is 1.00 bits per heavy atom. The summed E-state index contributed by atoms with van der Waals surface area (Å²) in [5.74, 6) is 0. The molecule has 4 heteroatoms. The first-order chi connectivity index (χ1) is 9.66. The highest BCUT2D eigenvalue weighted by atomic mass is 16.5. The van der Waals surface area contributed by atoms with Crippen LogP contribution in [0.15, 0.2) is 0 Å². The lowest BCUT2D eigenvalue weighted by Gasteiger charge is -2.13. The molecule has 0 aromatic heterocycles. The number of hydrogen-bond acceptors (Lipinski definition) is 4. The largest absolute Gasteiger partial charge is 0.389 e. The molecule has 0 saturated carbocycles. The Hall–Kier alpha value is -0.160. The lowest BCUT2D eigenvalue weighted by Crippen LogP contribution is -2.31. The number of hydrogen-bond donors (Lipinski definition) is 2. The van der Waals surface area contributed by atoms with Crippen LogP contribution < -0.4 is 5.32 Å². The molecule has 0 spiro atoms. The lowest BCUT2D eigenvalue weighted by atomic mass is 10.1. The fraction of sp³-hybridized carbons (Fsp3) is 1.00. The third-order valence-electron chi connectivity index (χ3n) is 3.08. The van der Waals surface area contributed by atoms with Gasteiger partial charge in [0.15, 0.2) is 0 Å². The normalized spacial score (nSPS) is 13.1. The van der Waals surface area contributed by atoms with Crippen LogP contribution in [0.2, 0.25) is 0 Å². The van der Waals surface area contributed by atoms with Crippen LogP contribution in [0.5, 0.6) is 0 Å². The third-order valence-corrected chi connectivity index (χ3v) is 3.08. The van der Waals surface area contributed by atoms with Gasteiger partial charge in [0.2, 0.25) is 0 Å². The van der Waals surface area contributed by atoms with E-state index in [9.17, 15) is 5.11 Å². The highest BCUT2D eigenvalue weighted by Gasteiger charge is 2.03. The summed E-state index contributed by atoms with van der Waals surface area (Å²) in [6, 6.07) is 0. The summed E-state index contributed by atoms with van der Waals surface area (Å²) in [6.45, 7) is 9.36. The monoisotopic (exact) mass is 289 g/mol. The van der Waals surface area contributed by atoms with Crippen LogP contribution in [0, 0.1) is 0 Å². The van der Waals surface area contributed by atoms with E-state index in [1.807, 2.05) is 13.8 Å². The molecule has 2 N–H and O–H groups in total. The summed E-state index contributed by atoms with van der Waals surface area (Å²) >= 11 is 0. The smallest absolute Gasteiger partial charge is 0.0897 e. The van der Waals surface area contributed by atoms with Gasteiger partial charge in [0, 0.05) is 6.54 Å². The quantitative estimate of drug-likeness (QED) is 0.455. The summed E-state index contributed by atoms with van der Waals surface area (Å²) in [7, 11) is 0. The van der Waals surface area contributed by atoms with Crippen molar-refractivity contribution in [1.29, 1.82) is 0 Å². The van der Waals surface area contributed by atoms with Crippen molar-refractivity contribution >= 4 is 0 Å². The molecule has 0 saturated heterocycles. The summed E-state index contributed by atoms with van der Waals surface area (Å²) in [4.78, 5) is 0. The third kappa shape index (κ3) is 15.9. The molecule has 0 radical (unpaired) electrons. The zero-order chi connectivity index (χ0) is 15.1. The predicted molar refractivity (Wildman–Crippen MR) is 84.2 cm³/mol. The Morgan fingerprint density at radius 2 is 1.70 bits per heavy atom. The number of ether oxygens (including phenoxy) is 2. The van der Waals surface area contributed by atoms with Gasteiger partial charge >= 0.3 is 0 Å². The van der Waals surface area contributed by atoms with Crippen LogP contribution >= 0.6 is 0 Å². The van der Waals surface area contributed by atoms with Crippen molar-refractivity contribution in [3.63, 3.8) is 0 Å². The Bertz CT molecular complexity index is 189. The number of rotatable bonds is 15. The average molecular weight is 289 g/mol. The first-order valence-corrected chi connectivity index (χ1v) is 8.25. The van der Waals surface area contributed by atoms with Crippen LogP contribution in [0.4, 0.5) is 0 Å². The topological polar surface area (TPSA) is 50.7 Å². The average Bonchev–Trinajstić information content (AvgIpc) is 2.41. The van der Waals surface area contributed by atoms with Gasteiger partial charge in [-0.25, -0.2) is 0 Å². The maximum atomic E-state index is 9.70. The van der Waals surface area contributed by atoms with Crippen molar-refractivity contribution in [2.75, 3.05) is 32.9 Å². The van der Waals surface area contributed by atoms with Gasteiger partial charge in [-0.15, -0.1) is 0 Å². The van der Waals surface area contributed by atoms with Gasteiger partial charge in [0.1, 0.15) is 0 Å². The van der Waals surface area contributed by atoms with Crippen LogP contribution in [0.3, 0.4) is 0 Å². The zero-order valence-electron chi connectivity index (χ0n) is 13.7. The van der Waals surface area contributed by atoms with E-state index in [0.717, 1.165) is 6.54 Å². The van der Waals surface area contributed by atoms with Crippen molar-refractivity contribution in [2.45, 2.75) is 71.5 Å². The molecule has 122 valence electrons. The van der Waals surface area contributed by atoms with Crippen molar-refractivity contribution in [1.82, 2.24) is 5.32 Å². The molecular weight excluding hydrogens is 254 g/mol. The second kappa shape index (κ2) is 15.2. The van der Waals surface area contributed by atoms with Crippen molar-refractivity contribution in [3.8, 4) is 0 Å². The van der Waals surface area contributed by atoms with Gasteiger partial charge in [0.25, 0.3) is 0 Å². The van der Waals surface area contributed by atoms with Crippen molar-refractivity contribution < 1.29 is 14.6 Å². The van der Waals surface area contributed by atoms with Gasteiger partial charge in [-0.3, -0.25) is 0 Å². The molecule has 0 heterocycles. The molecule has 0 aliphatic carbocycles. The van der Waals surface area contributed by atoms with E-state index in [4.69, 9.17) is 9.47 Å². The number of aliphatic hydroxyl groups is 1. The van der Waals surface area contributed by atoms with E-state index in [2.05, 4.69) is 12.2 Å². The standard InChI is InChI=1S/C16H35NO3/c1-4-5-6-7-8-9-10-17-13-16(18)14-19-11-12-20-15(2)3/h15-18H,4-14H2,1-3H3. The minimum Gasteiger partial charge on any atom is -0.389 e. The molecule has 20 heavy (non-hydrogen) atoms. The van der Waals surface area contributed by atoms with Crippen LogP contribution in [0.25, 0.3) is 0 Å². The zero-order valence-corrected chi connectivity index (χ0v) is 13.7. The lowest BCUT2D eigenvalue weighted by molar-refractivity contribution is -0.00992. The number of unbranched alkanes of at least 4 members (excludes halogenated alkanes) is 5. The van der Waals surface area contributed by atoms with Gasteiger partial charge in [0.05, 0.1) is 32.0 Å². The molecule has 0 aliphatic rings. The minimum atomic E-state index is -0.422. The summed E-state index contributed by atoms with van der Waals surface area (Å²) < 4.78 is 10.7.